The lowest BCUT2D eigenvalue weighted by Crippen LogP contribution is -1.99. The van der Waals surface area contributed by atoms with Crippen LogP contribution in [0.3, 0.4) is 0 Å². The zero-order chi connectivity index (χ0) is 13.0. The average molecular weight is 238 g/mol. The van der Waals surface area contributed by atoms with Gasteiger partial charge in [-0.25, -0.2) is 0 Å². The van der Waals surface area contributed by atoms with Crippen LogP contribution in [-0.4, -0.2) is 10.9 Å². The molecule has 0 aromatic heterocycles. The Balaban J connectivity index is 2.47. The van der Waals surface area contributed by atoms with Crippen molar-refractivity contribution in [3.8, 4) is 0 Å². The van der Waals surface area contributed by atoms with Gasteiger partial charge < -0.3 is 5.11 Å². The van der Waals surface area contributed by atoms with E-state index < -0.39 is 0 Å². The summed E-state index contributed by atoms with van der Waals surface area (Å²) in [4.78, 5) is 11.6. The van der Waals surface area contributed by atoms with Crippen molar-refractivity contribution in [2.75, 3.05) is 0 Å². The number of rotatable bonds is 3. The summed E-state index contributed by atoms with van der Waals surface area (Å²) in [6.45, 7) is 1.45. The first-order valence-corrected chi connectivity index (χ1v) is 5.74. The lowest BCUT2D eigenvalue weighted by atomic mass is 10.0. The predicted octanol–water partition coefficient (Wildman–Crippen LogP) is 3.60. The summed E-state index contributed by atoms with van der Waals surface area (Å²) in [5, 5.41) is 10.2. The number of benzene rings is 1. The van der Waals surface area contributed by atoms with Crippen LogP contribution in [0.15, 0.2) is 71.9 Å². The van der Waals surface area contributed by atoms with Crippen molar-refractivity contribution in [2.24, 2.45) is 0 Å². The molecule has 0 aliphatic heterocycles. The van der Waals surface area contributed by atoms with Gasteiger partial charge in [0.15, 0.2) is 5.78 Å². The molecule has 0 amide bonds. The van der Waals surface area contributed by atoms with Crippen LogP contribution in [0.2, 0.25) is 0 Å². The van der Waals surface area contributed by atoms with E-state index in [1.54, 1.807) is 18.2 Å². The van der Waals surface area contributed by atoms with E-state index in [-0.39, 0.29) is 11.5 Å². The molecule has 0 spiro atoms. The second-order valence-corrected chi connectivity index (χ2v) is 4.05. The van der Waals surface area contributed by atoms with Gasteiger partial charge in [-0.3, -0.25) is 4.79 Å². The van der Waals surface area contributed by atoms with Gasteiger partial charge in [-0.2, -0.15) is 0 Å². The summed E-state index contributed by atoms with van der Waals surface area (Å²) < 4.78 is 0. The minimum absolute atomic E-state index is 0.0179. The van der Waals surface area contributed by atoms with Crippen molar-refractivity contribution in [2.45, 2.75) is 6.92 Å². The largest absolute Gasteiger partial charge is 0.507 e. The molecule has 90 valence electrons. The quantitative estimate of drug-likeness (QED) is 0.645. The Morgan fingerprint density at radius 3 is 2.28 bits per heavy atom. The van der Waals surface area contributed by atoms with Crippen molar-refractivity contribution >= 4 is 11.5 Å². The second-order valence-electron chi connectivity index (χ2n) is 4.05. The third-order valence-electron chi connectivity index (χ3n) is 2.68. The highest BCUT2D eigenvalue weighted by Crippen LogP contribution is 2.20. The predicted molar refractivity (Wildman–Crippen MR) is 73.0 cm³/mol. The summed E-state index contributed by atoms with van der Waals surface area (Å²) >= 11 is 0. The number of carbonyl (C=O) groups excluding carboxylic acids is 1. The van der Waals surface area contributed by atoms with Gasteiger partial charge in [0, 0.05) is 5.56 Å². The minimum Gasteiger partial charge on any atom is -0.507 e. The number of hydrogen-bond donors (Lipinski definition) is 1. The maximum atomic E-state index is 11.6. The molecule has 1 aliphatic rings. The fraction of sp³-hybridized carbons (Fsp3) is 0.0625. The molecular formula is C16H14O2. The van der Waals surface area contributed by atoms with Gasteiger partial charge in [-0.1, -0.05) is 54.6 Å². The van der Waals surface area contributed by atoms with Gasteiger partial charge in [0.2, 0.25) is 0 Å². The Bertz CT molecular complexity index is 558. The molecule has 0 radical (unpaired) electrons. The molecule has 2 nitrogen and oxygen atoms in total. The topological polar surface area (TPSA) is 37.3 Å². The first-order valence-electron chi connectivity index (χ1n) is 5.74. The van der Waals surface area contributed by atoms with Crippen LogP contribution in [0.5, 0.6) is 0 Å². The monoisotopic (exact) mass is 238 g/mol. The summed E-state index contributed by atoms with van der Waals surface area (Å²) in [5.74, 6) is -0.137. The van der Waals surface area contributed by atoms with E-state index in [0.717, 1.165) is 5.57 Å². The van der Waals surface area contributed by atoms with Crippen molar-refractivity contribution in [3.63, 3.8) is 0 Å². The van der Waals surface area contributed by atoms with E-state index in [1.807, 2.05) is 42.5 Å². The zero-order valence-electron chi connectivity index (χ0n) is 10.1. The number of aliphatic hydroxyl groups excluding tert-OH is 1. The molecule has 0 saturated carbocycles. The maximum absolute atomic E-state index is 11.6. The third-order valence-corrected chi connectivity index (χ3v) is 2.68. The van der Waals surface area contributed by atoms with Crippen LogP contribution < -0.4 is 0 Å². The molecule has 0 saturated heterocycles. The SMILES string of the molecule is CC(=O)C(C=C1C=CC=C1)=C(O)c1ccccc1. The van der Waals surface area contributed by atoms with E-state index in [2.05, 4.69) is 0 Å². The summed E-state index contributed by atoms with van der Waals surface area (Å²) in [7, 11) is 0. The fourth-order valence-corrected chi connectivity index (χ4v) is 1.74. The highest BCUT2D eigenvalue weighted by molar-refractivity contribution is 6.02. The van der Waals surface area contributed by atoms with Gasteiger partial charge in [-0.15, -0.1) is 0 Å². The molecule has 0 atom stereocenters. The first kappa shape index (κ1) is 12.1. The van der Waals surface area contributed by atoms with E-state index in [1.165, 1.54) is 6.92 Å². The van der Waals surface area contributed by atoms with Crippen LogP contribution in [0.25, 0.3) is 5.76 Å². The molecule has 0 heterocycles. The summed E-state index contributed by atoms with van der Waals surface area (Å²) in [6, 6.07) is 9.07. The molecule has 0 fully saturated rings. The van der Waals surface area contributed by atoms with E-state index in [4.69, 9.17) is 0 Å². The Hall–Kier alpha value is -2.35. The van der Waals surface area contributed by atoms with Gasteiger partial charge >= 0.3 is 0 Å². The summed E-state index contributed by atoms with van der Waals surface area (Å²) in [6.07, 6.45) is 9.26. The van der Waals surface area contributed by atoms with Crippen molar-refractivity contribution < 1.29 is 9.90 Å². The lowest BCUT2D eigenvalue weighted by molar-refractivity contribution is -0.113. The van der Waals surface area contributed by atoms with Crippen LogP contribution in [0, 0.1) is 0 Å². The lowest BCUT2D eigenvalue weighted by Gasteiger charge is -2.05. The Morgan fingerprint density at radius 2 is 1.72 bits per heavy atom. The highest BCUT2D eigenvalue weighted by atomic mass is 16.3. The van der Waals surface area contributed by atoms with Gasteiger partial charge in [-0.05, 0) is 18.6 Å². The summed E-state index contributed by atoms with van der Waals surface area (Å²) in [5.41, 5.74) is 1.88. The Labute approximate surface area is 106 Å². The van der Waals surface area contributed by atoms with E-state index in [0.29, 0.717) is 11.1 Å². The molecule has 0 bridgehead atoms. The van der Waals surface area contributed by atoms with Crippen molar-refractivity contribution in [1.82, 2.24) is 0 Å². The van der Waals surface area contributed by atoms with Gasteiger partial charge in [0.1, 0.15) is 5.76 Å². The minimum atomic E-state index is -0.155. The molecule has 0 unspecified atom stereocenters. The number of aliphatic hydroxyl groups is 1. The molecule has 1 N–H and O–H groups in total. The van der Waals surface area contributed by atoms with Crippen LogP contribution >= 0.6 is 0 Å². The van der Waals surface area contributed by atoms with Crippen LogP contribution in [-0.2, 0) is 4.79 Å². The van der Waals surface area contributed by atoms with E-state index in [9.17, 15) is 9.90 Å². The van der Waals surface area contributed by atoms with E-state index >= 15 is 0 Å². The fourth-order valence-electron chi connectivity index (χ4n) is 1.74. The average Bonchev–Trinajstić information content (AvgIpc) is 2.89. The number of ketones is 1. The van der Waals surface area contributed by atoms with Crippen molar-refractivity contribution in [3.05, 3.63) is 77.4 Å². The molecule has 1 aromatic carbocycles. The smallest absolute Gasteiger partial charge is 0.163 e. The van der Waals surface area contributed by atoms with Crippen molar-refractivity contribution in [1.29, 1.82) is 0 Å². The molecule has 2 heteroatoms. The molecule has 2 rings (SSSR count). The first-order chi connectivity index (χ1) is 8.68. The van der Waals surface area contributed by atoms with Crippen LogP contribution in [0.4, 0.5) is 0 Å². The third kappa shape index (κ3) is 2.66. The Kier molecular flexibility index (Phi) is 3.58. The maximum Gasteiger partial charge on any atom is 0.163 e. The molecule has 18 heavy (non-hydrogen) atoms. The molecular weight excluding hydrogens is 224 g/mol. The van der Waals surface area contributed by atoms with Gasteiger partial charge in [0.05, 0.1) is 5.57 Å². The highest BCUT2D eigenvalue weighted by Gasteiger charge is 2.11. The normalized spacial score (nSPS) is 14.6. The molecule has 1 aromatic rings. The zero-order valence-corrected chi connectivity index (χ0v) is 10.1. The number of carbonyl (C=O) groups is 1. The molecule has 1 aliphatic carbocycles. The number of Topliss-reactive ketones (excluding diaryl/α,β-unsaturated/α-hetero) is 1. The van der Waals surface area contributed by atoms with Gasteiger partial charge in [0.25, 0.3) is 0 Å². The number of allylic oxidation sites excluding steroid dienone is 7. The van der Waals surface area contributed by atoms with Crippen LogP contribution in [0.1, 0.15) is 12.5 Å². The second kappa shape index (κ2) is 5.32. The Morgan fingerprint density at radius 1 is 1.11 bits per heavy atom. The number of hydrogen-bond acceptors (Lipinski definition) is 2. The standard InChI is InChI=1S/C16H14O2/c1-12(17)15(11-13-7-5-6-8-13)16(18)14-9-3-2-4-10-14/h2-11,18H,1H3.